The van der Waals surface area contributed by atoms with E-state index < -0.39 is 0 Å². The molecule has 3 rings (SSSR count). The number of aromatic nitrogens is 2. The van der Waals surface area contributed by atoms with Gasteiger partial charge in [-0.15, -0.1) is 0 Å². The quantitative estimate of drug-likeness (QED) is 0.871. The summed E-state index contributed by atoms with van der Waals surface area (Å²) in [7, 11) is 0. The molecule has 0 amide bonds. The molecule has 1 fully saturated rings. The van der Waals surface area contributed by atoms with Crippen molar-refractivity contribution in [1.29, 1.82) is 0 Å². The Morgan fingerprint density at radius 3 is 2.36 bits per heavy atom. The molecule has 0 N–H and O–H groups in total. The molecule has 0 unspecified atom stereocenters. The third-order valence-corrected chi connectivity index (χ3v) is 4.55. The SMILES string of the molecule is Cc1ncnc(N2CCN(Cc3ccc(Cl)cc3)CC2)c1C. The summed E-state index contributed by atoms with van der Waals surface area (Å²) in [5.74, 6) is 1.08. The predicted octanol–water partition coefficient (Wildman–Crippen LogP) is 3.07. The minimum atomic E-state index is 0.795. The van der Waals surface area contributed by atoms with Crippen LogP contribution in [0.25, 0.3) is 0 Å². The molecule has 1 aliphatic heterocycles. The number of rotatable bonds is 3. The fourth-order valence-corrected chi connectivity index (χ4v) is 2.94. The van der Waals surface area contributed by atoms with Gasteiger partial charge in [0.25, 0.3) is 0 Å². The molecule has 5 heteroatoms. The maximum Gasteiger partial charge on any atom is 0.135 e. The number of nitrogens with zero attached hydrogens (tertiary/aromatic N) is 4. The highest BCUT2D eigenvalue weighted by molar-refractivity contribution is 6.30. The zero-order valence-corrected chi connectivity index (χ0v) is 13.8. The van der Waals surface area contributed by atoms with Crippen LogP contribution in [-0.2, 0) is 6.54 Å². The molecule has 1 aromatic heterocycles. The maximum atomic E-state index is 5.94. The largest absolute Gasteiger partial charge is 0.354 e. The molecule has 4 nitrogen and oxygen atoms in total. The second-order valence-corrected chi connectivity index (χ2v) is 6.23. The van der Waals surface area contributed by atoms with E-state index in [1.165, 1.54) is 11.1 Å². The van der Waals surface area contributed by atoms with Gasteiger partial charge in [0, 0.05) is 49.0 Å². The topological polar surface area (TPSA) is 32.3 Å². The summed E-state index contributed by atoms with van der Waals surface area (Å²) in [6.45, 7) is 9.22. The lowest BCUT2D eigenvalue weighted by atomic mass is 10.2. The first-order valence-corrected chi connectivity index (χ1v) is 8.01. The van der Waals surface area contributed by atoms with Gasteiger partial charge < -0.3 is 4.90 Å². The first-order chi connectivity index (χ1) is 10.6. The van der Waals surface area contributed by atoms with Crippen molar-refractivity contribution in [2.45, 2.75) is 20.4 Å². The minimum Gasteiger partial charge on any atom is -0.354 e. The predicted molar refractivity (Wildman–Crippen MR) is 90.4 cm³/mol. The van der Waals surface area contributed by atoms with E-state index in [1.807, 2.05) is 19.1 Å². The van der Waals surface area contributed by atoms with Crippen LogP contribution in [0.5, 0.6) is 0 Å². The Labute approximate surface area is 136 Å². The molecule has 0 saturated carbocycles. The highest BCUT2D eigenvalue weighted by Gasteiger charge is 2.20. The van der Waals surface area contributed by atoms with Crippen molar-refractivity contribution in [3.05, 3.63) is 52.4 Å². The van der Waals surface area contributed by atoms with E-state index in [1.54, 1.807) is 6.33 Å². The molecule has 0 atom stereocenters. The van der Waals surface area contributed by atoms with Crippen LogP contribution in [0.2, 0.25) is 5.02 Å². The van der Waals surface area contributed by atoms with E-state index >= 15 is 0 Å². The first-order valence-electron chi connectivity index (χ1n) is 7.63. The molecule has 2 heterocycles. The van der Waals surface area contributed by atoms with E-state index in [9.17, 15) is 0 Å². The molecule has 0 bridgehead atoms. The van der Waals surface area contributed by atoms with Gasteiger partial charge in [0.05, 0.1) is 0 Å². The van der Waals surface area contributed by atoms with Crippen LogP contribution in [0.15, 0.2) is 30.6 Å². The minimum absolute atomic E-state index is 0.795. The fraction of sp³-hybridized carbons (Fsp3) is 0.412. The third kappa shape index (κ3) is 3.39. The maximum absolute atomic E-state index is 5.94. The standard InChI is InChI=1S/C17H21ClN4/c1-13-14(2)19-12-20-17(13)22-9-7-21(8-10-22)11-15-3-5-16(18)6-4-15/h3-6,12H,7-11H2,1-2H3. The van der Waals surface area contributed by atoms with Gasteiger partial charge in [-0.3, -0.25) is 4.90 Å². The van der Waals surface area contributed by atoms with Crippen molar-refractivity contribution in [2.75, 3.05) is 31.1 Å². The summed E-state index contributed by atoms with van der Waals surface area (Å²) in [6, 6.07) is 8.12. The Hall–Kier alpha value is -1.65. The second-order valence-electron chi connectivity index (χ2n) is 5.80. The van der Waals surface area contributed by atoms with Gasteiger partial charge in [0.1, 0.15) is 12.1 Å². The Morgan fingerprint density at radius 2 is 1.68 bits per heavy atom. The number of benzene rings is 1. The van der Waals surface area contributed by atoms with Crippen LogP contribution in [0, 0.1) is 13.8 Å². The van der Waals surface area contributed by atoms with E-state index in [-0.39, 0.29) is 0 Å². The number of hydrogen-bond acceptors (Lipinski definition) is 4. The lowest BCUT2D eigenvalue weighted by Crippen LogP contribution is -2.46. The third-order valence-electron chi connectivity index (χ3n) is 4.30. The van der Waals surface area contributed by atoms with Crippen molar-refractivity contribution < 1.29 is 0 Å². The van der Waals surface area contributed by atoms with Gasteiger partial charge >= 0.3 is 0 Å². The molecule has 22 heavy (non-hydrogen) atoms. The van der Waals surface area contributed by atoms with Crippen LogP contribution in [0.3, 0.4) is 0 Å². The normalized spacial score (nSPS) is 16.0. The lowest BCUT2D eigenvalue weighted by molar-refractivity contribution is 0.249. The number of anilines is 1. The first kappa shape index (κ1) is 15.3. The molecule has 116 valence electrons. The molecule has 1 aliphatic rings. The second kappa shape index (κ2) is 6.63. The summed E-state index contributed by atoms with van der Waals surface area (Å²) < 4.78 is 0. The van der Waals surface area contributed by atoms with Crippen LogP contribution < -0.4 is 4.90 Å². The van der Waals surface area contributed by atoms with Crippen LogP contribution in [-0.4, -0.2) is 41.0 Å². The van der Waals surface area contributed by atoms with Gasteiger partial charge in [-0.2, -0.15) is 0 Å². The highest BCUT2D eigenvalue weighted by atomic mass is 35.5. The van der Waals surface area contributed by atoms with Crippen molar-refractivity contribution >= 4 is 17.4 Å². The Bertz CT molecular complexity index is 634. The van der Waals surface area contributed by atoms with Gasteiger partial charge in [0.15, 0.2) is 0 Å². The smallest absolute Gasteiger partial charge is 0.135 e. The molecule has 0 spiro atoms. The van der Waals surface area contributed by atoms with Crippen LogP contribution >= 0.6 is 11.6 Å². The average Bonchev–Trinajstić information content (AvgIpc) is 2.53. The molecule has 0 radical (unpaired) electrons. The molecule has 1 aromatic carbocycles. The van der Waals surface area contributed by atoms with Crippen LogP contribution in [0.1, 0.15) is 16.8 Å². The zero-order valence-electron chi connectivity index (χ0n) is 13.1. The molecule has 1 saturated heterocycles. The number of halogens is 1. The molecular weight excluding hydrogens is 296 g/mol. The van der Waals surface area contributed by atoms with E-state index in [0.29, 0.717) is 0 Å². The van der Waals surface area contributed by atoms with Gasteiger partial charge in [0.2, 0.25) is 0 Å². The van der Waals surface area contributed by atoms with Crippen molar-refractivity contribution in [2.24, 2.45) is 0 Å². The summed E-state index contributed by atoms with van der Waals surface area (Å²) in [5, 5.41) is 0.795. The van der Waals surface area contributed by atoms with Crippen molar-refractivity contribution in [3.8, 4) is 0 Å². The monoisotopic (exact) mass is 316 g/mol. The van der Waals surface area contributed by atoms with E-state index in [2.05, 4.69) is 38.8 Å². The van der Waals surface area contributed by atoms with E-state index in [4.69, 9.17) is 11.6 Å². The van der Waals surface area contributed by atoms with Crippen molar-refractivity contribution in [1.82, 2.24) is 14.9 Å². The van der Waals surface area contributed by atoms with Gasteiger partial charge in [-0.05, 0) is 31.5 Å². The van der Waals surface area contributed by atoms with Gasteiger partial charge in [-0.25, -0.2) is 9.97 Å². The van der Waals surface area contributed by atoms with E-state index in [0.717, 1.165) is 49.3 Å². The number of hydrogen-bond donors (Lipinski definition) is 0. The Kier molecular flexibility index (Phi) is 4.60. The summed E-state index contributed by atoms with van der Waals surface area (Å²) >= 11 is 5.94. The summed E-state index contributed by atoms with van der Waals surface area (Å²) in [6.07, 6.45) is 1.66. The Balaban J connectivity index is 1.60. The van der Waals surface area contributed by atoms with Gasteiger partial charge in [-0.1, -0.05) is 23.7 Å². The number of aryl methyl sites for hydroxylation is 1. The Morgan fingerprint density at radius 1 is 1.00 bits per heavy atom. The zero-order chi connectivity index (χ0) is 15.5. The van der Waals surface area contributed by atoms with Crippen molar-refractivity contribution in [3.63, 3.8) is 0 Å². The fourth-order valence-electron chi connectivity index (χ4n) is 2.81. The molecule has 2 aromatic rings. The summed E-state index contributed by atoms with van der Waals surface area (Å²) in [5.41, 5.74) is 3.56. The molecule has 0 aliphatic carbocycles. The number of piperazine rings is 1. The average molecular weight is 317 g/mol. The van der Waals surface area contributed by atoms with Crippen LogP contribution in [0.4, 0.5) is 5.82 Å². The highest BCUT2D eigenvalue weighted by Crippen LogP contribution is 2.20. The molecular formula is C17H21ClN4. The lowest BCUT2D eigenvalue weighted by Gasteiger charge is -2.36. The summed E-state index contributed by atoms with van der Waals surface area (Å²) in [4.78, 5) is 13.6.